The third kappa shape index (κ3) is 3.07. The van der Waals surface area contributed by atoms with Crippen LogP contribution in [0.1, 0.15) is 44.7 Å². The van der Waals surface area contributed by atoms with E-state index in [0.717, 1.165) is 6.42 Å². The van der Waals surface area contributed by atoms with Crippen molar-refractivity contribution in [2.75, 3.05) is 0 Å². The molecule has 0 aromatic heterocycles. The molecule has 0 heteroatoms. The standard InChI is InChI=1S/C19H24/c1-5-18-17(13-15(4)14(2)3)11-8-10-16-9-6-7-12-19(16)18/h5-7,9,12-14H,1,8,10-11H2,2-4H3/b15-13+. The second-order valence-corrected chi connectivity index (χ2v) is 5.70. The van der Waals surface area contributed by atoms with E-state index in [2.05, 4.69) is 57.7 Å². The quantitative estimate of drug-likeness (QED) is 0.660. The van der Waals surface area contributed by atoms with E-state index in [0.29, 0.717) is 5.92 Å². The molecule has 0 heterocycles. The van der Waals surface area contributed by atoms with E-state index in [4.69, 9.17) is 0 Å². The van der Waals surface area contributed by atoms with Crippen molar-refractivity contribution >= 4 is 5.57 Å². The third-order valence-electron chi connectivity index (χ3n) is 4.06. The number of fused-ring (bicyclic) bond motifs is 1. The molecule has 0 spiro atoms. The van der Waals surface area contributed by atoms with E-state index in [1.165, 1.54) is 40.7 Å². The van der Waals surface area contributed by atoms with Gasteiger partial charge < -0.3 is 0 Å². The summed E-state index contributed by atoms with van der Waals surface area (Å²) >= 11 is 0. The lowest BCUT2D eigenvalue weighted by Crippen LogP contribution is -1.92. The Morgan fingerprint density at radius 2 is 1.95 bits per heavy atom. The monoisotopic (exact) mass is 252 g/mol. The van der Waals surface area contributed by atoms with Crippen molar-refractivity contribution in [2.24, 2.45) is 5.92 Å². The second-order valence-electron chi connectivity index (χ2n) is 5.70. The first-order chi connectivity index (χ1) is 9.13. The van der Waals surface area contributed by atoms with E-state index < -0.39 is 0 Å². The van der Waals surface area contributed by atoms with Crippen LogP contribution in [-0.2, 0) is 6.42 Å². The molecule has 0 atom stereocenters. The Hall–Kier alpha value is -1.56. The van der Waals surface area contributed by atoms with Crippen molar-refractivity contribution in [3.63, 3.8) is 0 Å². The topological polar surface area (TPSA) is 0 Å². The maximum atomic E-state index is 4.04. The Labute approximate surface area is 117 Å². The fourth-order valence-electron chi connectivity index (χ4n) is 2.61. The summed E-state index contributed by atoms with van der Waals surface area (Å²) in [4.78, 5) is 0. The van der Waals surface area contributed by atoms with Crippen LogP contribution in [0.3, 0.4) is 0 Å². The Bertz CT molecular complexity index is 527. The molecule has 2 rings (SSSR count). The molecule has 0 bridgehead atoms. The van der Waals surface area contributed by atoms with Crippen molar-refractivity contribution in [1.29, 1.82) is 0 Å². The van der Waals surface area contributed by atoms with Gasteiger partial charge in [0.05, 0.1) is 0 Å². The zero-order valence-electron chi connectivity index (χ0n) is 12.4. The van der Waals surface area contributed by atoms with Crippen LogP contribution >= 0.6 is 0 Å². The van der Waals surface area contributed by atoms with Crippen LogP contribution in [0.5, 0.6) is 0 Å². The summed E-state index contributed by atoms with van der Waals surface area (Å²) < 4.78 is 0. The van der Waals surface area contributed by atoms with Crippen LogP contribution in [0.25, 0.3) is 5.57 Å². The number of allylic oxidation sites excluding steroid dienone is 5. The van der Waals surface area contributed by atoms with Crippen molar-refractivity contribution in [2.45, 2.75) is 40.0 Å². The minimum absolute atomic E-state index is 0.608. The highest BCUT2D eigenvalue weighted by Gasteiger charge is 2.13. The highest BCUT2D eigenvalue weighted by atomic mass is 14.2. The molecular weight excluding hydrogens is 228 g/mol. The lowest BCUT2D eigenvalue weighted by molar-refractivity contribution is 0.763. The lowest BCUT2D eigenvalue weighted by Gasteiger charge is -2.11. The normalized spacial score (nSPS) is 16.3. The van der Waals surface area contributed by atoms with Crippen molar-refractivity contribution < 1.29 is 0 Å². The molecule has 1 aromatic rings. The molecule has 0 unspecified atom stereocenters. The van der Waals surface area contributed by atoms with Gasteiger partial charge in [-0.25, -0.2) is 0 Å². The molecule has 0 saturated carbocycles. The Morgan fingerprint density at radius 3 is 2.63 bits per heavy atom. The highest BCUT2D eigenvalue weighted by molar-refractivity contribution is 5.80. The van der Waals surface area contributed by atoms with Gasteiger partial charge in [0.1, 0.15) is 0 Å². The summed E-state index contributed by atoms with van der Waals surface area (Å²) in [5.41, 5.74) is 7.06. The molecule has 1 aliphatic rings. The van der Waals surface area contributed by atoms with Crippen LogP contribution in [0.2, 0.25) is 0 Å². The van der Waals surface area contributed by atoms with Gasteiger partial charge in [-0.15, -0.1) is 0 Å². The number of aryl methyl sites for hydroxylation is 1. The Kier molecular flexibility index (Phi) is 4.42. The Balaban J connectivity index is 2.54. The molecule has 0 fully saturated rings. The largest absolute Gasteiger partial charge is 0.0984 e. The minimum atomic E-state index is 0.608. The first-order valence-corrected chi connectivity index (χ1v) is 7.25. The zero-order valence-corrected chi connectivity index (χ0v) is 12.4. The second kappa shape index (κ2) is 6.06. The zero-order chi connectivity index (χ0) is 13.8. The maximum absolute atomic E-state index is 4.04. The van der Waals surface area contributed by atoms with E-state index in [-0.39, 0.29) is 0 Å². The van der Waals surface area contributed by atoms with Crippen LogP contribution in [-0.4, -0.2) is 0 Å². The van der Waals surface area contributed by atoms with Gasteiger partial charge in [0, 0.05) is 0 Å². The smallest absolute Gasteiger partial charge is 0.0149 e. The average molecular weight is 252 g/mol. The van der Waals surface area contributed by atoms with E-state index >= 15 is 0 Å². The molecule has 0 radical (unpaired) electrons. The molecule has 0 amide bonds. The molecule has 1 aromatic carbocycles. The molecule has 0 saturated heterocycles. The molecular formula is C19H24. The van der Waals surface area contributed by atoms with Crippen LogP contribution in [0.15, 0.2) is 54.1 Å². The Morgan fingerprint density at radius 1 is 1.21 bits per heavy atom. The summed E-state index contributed by atoms with van der Waals surface area (Å²) in [7, 11) is 0. The third-order valence-corrected chi connectivity index (χ3v) is 4.06. The van der Waals surface area contributed by atoms with Crippen LogP contribution in [0, 0.1) is 5.92 Å². The molecule has 0 aliphatic heterocycles. The molecule has 1 aliphatic carbocycles. The molecule has 0 nitrogen and oxygen atoms in total. The number of hydrogen-bond acceptors (Lipinski definition) is 0. The summed E-state index contributed by atoms with van der Waals surface area (Å²) in [6, 6.07) is 8.75. The predicted octanol–water partition coefficient (Wildman–Crippen LogP) is 5.56. The van der Waals surface area contributed by atoms with Gasteiger partial charge >= 0.3 is 0 Å². The molecule has 100 valence electrons. The van der Waals surface area contributed by atoms with Crippen LogP contribution < -0.4 is 0 Å². The summed E-state index contributed by atoms with van der Waals surface area (Å²) in [6.07, 6.45) is 7.96. The fourth-order valence-corrected chi connectivity index (χ4v) is 2.61. The number of hydrogen-bond donors (Lipinski definition) is 0. The molecule has 0 N–H and O–H groups in total. The first kappa shape index (κ1) is 13.9. The van der Waals surface area contributed by atoms with Gasteiger partial charge in [0.2, 0.25) is 0 Å². The van der Waals surface area contributed by atoms with Gasteiger partial charge in [-0.1, -0.05) is 62.4 Å². The van der Waals surface area contributed by atoms with Gasteiger partial charge in [-0.3, -0.25) is 0 Å². The van der Waals surface area contributed by atoms with Gasteiger partial charge in [0.25, 0.3) is 0 Å². The minimum Gasteiger partial charge on any atom is -0.0984 e. The van der Waals surface area contributed by atoms with Gasteiger partial charge in [0.15, 0.2) is 0 Å². The SMILES string of the molecule is C=CC1=C(/C=C(\C)C(C)C)CCCc2ccccc21. The highest BCUT2D eigenvalue weighted by Crippen LogP contribution is 2.32. The summed E-state index contributed by atoms with van der Waals surface area (Å²) in [6.45, 7) is 10.8. The fraction of sp³-hybridized carbons (Fsp3) is 0.368. The van der Waals surface area contributed by atoms with E-state index in [1.807, 2.05) is 6.08 Å². The maximum Gasteiger partial charge on any atom is -0.0149 e. The van der Waals surface area contributed by atoms with E-state index in [9.17, 15) is 0 Å². The first-order valence-electron chi connectivity index (χ1n) is 7.25. The molecule has 19 heavy (non-hydrogen) atoms. The number of rotatable bonds is 3. The van der Waals surface area contributed by atoms with E-state index in [1.54, 1.807) is 0 Å². The predicted molar refractivity (Wildman–Crippen MR) is 85.1 cm³/mol. The lowest BCUT2D eigenvalue weighted by atomic mass is 9.94. The van der Waals surface area contributed by atoms with Crippen LogP contribution in [0.4, 0.5) is 0 Å². The van der Waals surface area contributed by atoms with Crippen molar-refractivity contribution in [3.05, 3.63) is 65.3 Å². The summed E-state index contributed by atoms with van der Waals surface area (Å²) in [5, 5.41) is 0. The number of benzene rings is 1. The van der Waals surface area contributed by atoms with Crippen molar-refractivity contribution in [1.82, 2.24) is 0 Å². The average Bonchev–Trinajstić information content (AvgIpc) is 2.57. The van der Waals surface area contributed by atoms with Gasteiger partial charge in [-0.05, 0) is 54.4 Å². The van der Waals surface area contributed by atoms with Gasteiger partial charge in [-0.2, -0.15) is 0 Å². The summed E-state index contributed by atoms with van der Waals surface area (Å²) in [5.74, 6) is 0.608. The van der Waals surface area contributed by atoms with Crippen molar-refractivity contribution in [3.8, 4) is 0 Å².